The number of rotatable bonds is 5. The number of hydrogen-bond acceptors (Lipinski definition) is 4. The van der Waals surface area contributed by atoms with E-state index in [1.165, 1.54) is 12.0 Å². The van der Waals surface area contributed by atoms with E-state index in [-0.39, 0.29) is 12.1 Å². The number of carbonyl (C=O) groups excluding carboxylic acids is 1. The van der Waals surface area contributed by atoms with E-state index in [1.807, 2.05) is 25.7 Å². The molecule has 1 aliphatic rings. The SMILES string of the molecule is CC(C)(C)OC(=O)N1CCCCC1CNCCc1ccsc1. The Bertz CT molecular complexity index is 454. The fourth-order valence-electron chi connectivity index (χ4n) is 2.71. The van der Waals surface area contributed by atoms with Crippen molar-refractivity contribution in [1.82, 2.24) is 10.2 Å². The molecule has 0 aliphatic carbocycles. The molecule has 0 saturated carbocycles. The first-order valence-electron chi connectivity index (χ1n) is 8.17. The smallest absolute Gasteiger partial charge is 0.410 e. The minimum absolute atomic E-state index is 0.170. The lowest BCUT2D eigenvalue weighted by atomic mass is 10.0. The van der Waals surface area contributed by atoms with E-state index in [0.29, 0.717) is 0 Å². The summed E-state index contributed by atoms with van der Waals surface area (Å²) in [6.07, 6.45) is 4.20. The molecule has 4 nitrogen and oxygen atoms in total. The van der Waals surface area contributed by atoms with Gasteiger partial charge in [-0.15, -0.1) is 0 Å². The molecule has 22 heavy (non-hydrogen) atoms. The minimum Gasteiger partial charge on any atom is -0.444 e. The van der Waals surface area contributed by atoms with Crippen LogP contribution < -0.4 is 5.32 Å². The van der Waals surface area contributed by atoms with Crippen molar-refractivity contribution in [2.45, 2.75) is 58.1 Å². The molecule has 0 bridgehead atoms. The number of likely N-dealkylation sites (tertiary alicyclic amines) is 1. The van der Waals surface area contributed by atoms with Crippen LogP contribution in [0.2, 0.25) is 0 Å². The fraction of sp³-hybridized carbons (Fsp3) is 0.706. The van der Waals surface area contributed by atoms with Crippen molar-refractivity contribution in [2.24, 2.45) is 0 Å². The molecule has 1 aromatic heterocycles. The van der Waals surface area contributed by atoms with E-state index in [4.69, 9.17) is 4.74 Å². The van der Waals surface area contributed by atoms with Crippen molar-refractivity contribution in [3.05, 3.63) is 22.4 Å². The summed E-state index contributed by atoms with van der Waals surface area (Å²) >= 11 is 1.74. The Morgan fingerprint density at radius 3 is 2.95 bits per heavy atom. The molecular weight excluding hydrogens is 296 g/mol. The number of nitrogens with one attached hydrogen (secondary N) is 1. The molecule has 1 atom stereocenters. The normalized spacial score (nSPS) is 19.2. The summed E-state index contributed by atoms with van der Waals surface area (Å²) in [5.41, 5.74) is 0.955. The highest BCUT2D eigenvalue weighted by Crippen LogP contribution is 2.20. The van der Waals surface area contributed by atoms with E-state index in [2.05, 4.69) is 22.1 Å². The molecule has 124 valence electrons. The van der Waals surface area contributed by atoms with Crippen LogP contribution in [0.3, 0.4) is 0 Å². The van der Waals surface area contributed by atoms with Crippen LogP contribution in [0.1, 0.15) is 45.6 Å². The summed E-state index contributed by atoms with van der Waals surface area (Å²) in [6, 6.07) is 2.42. The number of hydrogen-bond donors (Lipinski definition) is 1. The maximum atomic E-state index is 12.3. The van der Waals surface area contributed by atoms with Gasteiger partial charge < -0.3 is 15.0 Å². The van der Waals surface area contributed by atoms with Gasteiger partial charge >= 0.3 is 6.09 Å². The average molecular weight is 324 g/mol. The lowest BCUT2D eigenvalue weighted by Crippen LogP contribution is -2.50. The second-order valence-electron chi connectivity index (χ2n) is 6.91. The first-order chi connectivity index (χ1) is 10.5. The lowest BCUT2D eigenvalue weighted by Gasteiger charge is -2.37. The van der Waals surface area contributed by atoms with Gasteiger partial charge in [-0.2, -0.15) is 11.3 Å². The predicted octanol–water partition coefficient (Wildman–Crippen LogP) is 3.67. The van der Waals surface area contributed by atoms with Crippen LogP contribution in [0.25, 0.3) is 0 Å². The minimum atomic E-state index is -0.425. The van der Waals surface area contributed by atoms with Crippen LogP contribution in [0.4, 0.5) is 4.79 Å². The Labute approximate surface area is 137 Å². The molecule has 1 saturated heterocycles. The van der Waals surface area contributed by atoms with E-state index in [1.54, 1.807) is 11.3 Å². The number of carbonyl (C=O) groups is 1. The second kappa shape index (κ2) is 7.97. The number of nitrogens with zero attached hydrogens (tertiary/aromatic N) is 1. The zero-order valence-corrected chi connectivity index (χ0v) is 14.7. The predicted molar refractivity (Wildman–Crippen MR) is 91.5 cm³/mol. The maximum Gasteiger partial charge on any atom is 0.410 e. The van der Waals surface area contributed by atoms with Gasteiger partial charge in [0.25, 0.3) is 0 Å². The first-order valence-corrected chi connectivity index (χ1v) is 9.11. The first kappa shape index (κ1) is 17.3. The highest BCUT2D eigenvalue weighted by molar-refractivity contribution is 7.07. The zero-order valence-electron chi connectivity index (χ0n) is 13.9. The van der Waals surface area contributed by atoms with Crippen molar-refractivity contribution >= 4 is 17.4 Å². The Morgan fingerprint density at radius 1 is 1.45 bits per heavy atom. The van der Waals surface area contributed by atoms with Gasteiger partial charge in [-0.1, -0.05) is 0 Å². The summed E-state index contributed by atoms with van der Waals surface area (Å²) < 4.78 is 5.53. The van der Waals surface area contributed by atoms with E-state index in [0.717, 1.165) is 38.9 Å². The van der Waals surface area contributed by atoms with Gasteiger partial charge in [0.05, 0.1) is 0 Å². The third-order valence-electron chi connectivity index (χ3n) is 3.81. The van der Waals surface area contributed by atoms with Crippen LogP contribution in [0.15, 0.2) is 16.8 Å². The molecule has 1 amide bonds. The van der Waals surface area contributed by atoms with E-state index >= 15 is 0 Å². The molecule has 0 radical (unpaired) electrons. The third-order valence-corrected chi connectivity index (χ3v) is 4.54. The molecule has 5 heteroatoms. The fourth-order valence-corrected chi connectivity index (χ4v) is 3.41. The Kier molecular flexibility index (Phi) is 6.26. The molecule has 2 rings (SSSR count). The monoisotopic (exact) mass is 324 g/mol. The van der Waals surface area contributed by atoms with Gasteiger partial charge in [-0.25, -0.2) is 4.79 Å². The van der Waals surface area contributed by atoms with Crippen LogP contribution in [0, 0.1) is 0 Å². The van der Waals surface area contributed by atoms with Crippen molar-refractivity contribution in [3.63, 3.8) is 0 Å². The van der Waals surface area contributed by atoms with Crippen molar-refractivity contribution < 1.29 is 9.53 Å². The molecule has 1 aromatic rings. The molecule has 0 aromatic carbocycles. The van der Waals surface area contributed by atoms with Gasteiger partial charge in [0, 0.05) is 19.1 Å². The van der Waals surface area contributed by atoms with E-state index < -0.39 is 5.60 Å². The van der Waals surface area contributed by atoms with Gasteiger partial charge in [0.2, 0.25) is 0 Å². The molecule has 1 aliphatic heterocycles. The largest absolute Gasteiger partial charge is 0.444 e. The summed E-state index contributed by atoms with van der Waals surface area (Å²) in [7, 11) is 0. The molecule has 1 fully saturated rings. The summed E-state index contributed by atoms with van der Waals surface area (Å²) in [4.78, 5) is 14.2. The lowest BCUT2D eigenvalue weighted by molar-refractivity contribution is 0.00999. The molecule has 0 spiro atoms. The maximum absolute atomic E-state index is 12.3. The quantitative estimate of drug-likeness (QED) is 0.840. The van der Waals surface area contributed by atoms with E-state index in [9.17, 15) is 4.79 Å². The summed E-state index contributed by atoms with van der Waals surface area (Å²) in [6.45, 7) is 8.37. The average Bonchev–Trinajstić information content (AvgIpc) is 2.95. The topological polar surface area (TPSA) is 41.6 Å². The molecule has 2 heterocycles. The molecular formula is C17H28N2O2S. The van der Waals surface area contributed by atoms with Crippen molar-refractivity contribution in [2.75, 3.05) is 19.6 Å². The Morgan fingerprint density at radius 2 is 2.27 bits per heavy atom. The third kappa shape index (κ3) is 5.61. The van der Waals surface area contributed by atoms with Crippen molar-refractivity contribution in [1.29, 1.82) is 0 Å². The van der Waals surface area contributed by atoms with Crippen LogP contribution in [-0.4, -0.2) is 42.3 Å². The molecule has 1 unspecified atom stereocenters. The Balaban J connectivity index is 1.77. The highest BCUT2D eigenvalue weighted by Gasteiger charge is 2.29. The highest BCUT2D eigenvalue weighted by atomic mass is 32.1. The summed E-state index contributed by atoms with van der Waals surface area (Å²) in [5.74, 6) is 0. The van der Waals surface area contributed by atoms with Crippen LogP contribution >= 0.6 is 11.3 Å². The second-order valence-corrected chi connectivity index (χ2v) is 7.69. The number of thiophene rings is 1. The number of ether oxygens (including phenoxy) is 1. The number of piperidine rings is 1. The molecule has 1 N–H and O–H groups in total. The van der Waals surface area contributed by atoms with Gasteiger partial charge in [0.15, 0.2) is 0 Å². The zero-order chi connectivity index (χ0) is 16.0. The van der Waals surface area contributed by atoms with Crippen LogP contribution in [0.5, 0.6) is 0 Å². The standard InChI is InChI=1S/C17H28N2O2S/c1-17(2,3)21-16(20)19-10-5-4-6-15(19)12-18-9-7-14-8-11-22-13-14/h8,11,13,15,18H,4-7,9-10,12H2,1-3H3. The van der Waals surface area contributed by atoms with Crippen molar-refractivity contribution in [3.8, 4) is 0 Å². The van der Waals surface area contributed by atoms with Gasteiger partial charge in [-0.3, -0.25) is 0 Å². The van der Waals surface area contributed by atoms with Gasteiger partial charge in [-0.05, 0) is 75.4 Å². The summed E-state index contributed by atoms with van der Waals surface area (Å²) in [5, 5.41) is 7.80. The Hall–Kier alpha value is -1.07. The number of amides is 1. The van der Waals surface area contributed by atoms with Crippen LogP contribution in [-0.2, 0) is 11.2 Å². The van der Waals surface area contributed by atoms with Gasteiger partial charge in [0.1, 0.15) is 5.60 Å².